The molecule has 1 aliphatic heterocycles. The van der Waals surface area contributed by atoms with E-state index >= 15 is 0 Å². The number of rotatable bonds is 7. The highest BCUT2D eigenvalue weighted by molar-refractivity contribution is 7.80. The van der Waals surface area contributed by atoms with Crippen LogP contribution in [0.25, 0.3) is 0 Å². The molecule has 110 valence electrons. The van der Waals surface area contributed by atoms with Crippen molar-refractivity contribution in [2.24, 2.45) is 17.6 Å². The number of carbonyl (C=O) groups is 1. The maximum atomic E-state index is 12.1. The molecule has 2 unspecified atom stereocenters. The van der Waals surface area contributed by atoms with Crippen LogP contribution in [-0.4, -0.2) is 41.5 Å². The molecule has 3 N–H and O–H groups in total. The number of nitrogens with one attached hydrogen (secondary N) is 1. The van der Waals surface area contributed by atoms with E-state index in [2.05, 4.69) is 24.1 Å². The molecule has 19 heavy (non-hydrogen) atoms. The maximum absolute atomic E-state index is 12.1. The first kappa shape index (κ1) is 16.4. The van der Waals surface area contributed by atoms with Gasteiger partial charge in [-0.1, -0.05) is 25.6 Å². The van der Waals surface area contributed by atoms with Crippen molar-refractivity contribution in [2.75, 3.05) is 19.6 Å². The number of nitrogens with two attached hydrogens (primary N) is 1. The molecule has 1 rings (SSSR count). The Morgan fingerprint density at radius 1 is 1.53 bits per heavy atom. The van der Waals surface area contributed by atoms with Crippen molar-refractivity contribution in [1.82, 2.24) is 10.2 Å². The van der Waals surface area contributed by atoms with Crippen LogP contribution in [0.2, 0.25) is 0 Å². The summed E-state index contributed by atoms with van der Waals surface area (Å²) in [6.45, 7) is 9.41. The van der Waals surface area contributed by atoms with Gasteiger partial charge in [-0.05, 0) is 39.2 Å². The lowest BCUT2D eigenvalue weighted by Crippen LogP contribution is -2.40. The SMILES string of the molecule is CCCC(C(=O)NCC1CCN(C(C)C)C1)C(N)=S. The van der Waals surface area contributed by atoms with E-state index in [1.54, 1.807) is 0 Å². The van der Waals surface area contributed by atoms with Gasteiger partial charge in [-0.2, -0.15) is 0 Å². The maximum Gasteiger partial charge on any atom is 0.229 e. The van der Waals surface area contributed by atoms with Gasteiger partial charge in [-0.3, -0.25) is 4.79 Å². The zero-order valence-electron chi connectivity index (χ0n) is 12.3. The molecular weight excluding hydrogens is 258 g/mol. The third-order valence-corrected chi connectivity index (χ3v) is 4.13. The fourth-order valence-corrected chi connectivity index (χ4v) is 2.78. The summed E-state index contributed by atoms with van der Waals surface area (Å²) in [7, 11) is 0. The molecule has 0 saturated carbocycles. The molecule has 0 aromatic rings. The topological polar surface area (TPSA) is 58.4 Å². The number of nitrogens with zero attached hydrogens (tertiary/aromatic N) is 1. The summed E-state index contributed by atoms with van der Waals surface area (Å²) in [5.41, 5.74) is 5.63. The lowest BCUT2D eigenvalue weighted by molar-refractivity contribution is -0.123. The van der Waals surface area contributed by atoms with Crippen molar-refractivity contribution in [3.05, 3.63) is 0 Å². The van der Waals surface area contributed by atoms with E-state index in [0.717, 1.165) is 38.9 Å². The molecule has 5 heteroatoms. The van der Waals surface area contributed by atoms with Gasteiger partial charge in [0.1, 0.15) is 0 Å². The number of hydrogen-bond acceptors (Lipinski definition) is 3. The highest BCUT2D eigenvalue weighted by atomic mass is 32.1. The van der Waals surface area contributed by atoms with Crippen molar-refractivity contribution < 1.29 is 4.79 Å². The Morgan fingerprint density at radius 2 is 2.21 bits per heavy atom. The zero-order valence-corrected chi connectivity index (χ0v) is 13.1. The minimum absolute atomic E-state index is 0.00246. The van der Waals surface area contributed by atoms with Gasteiger partial charge in [0.2, 0.25) is 5.91 Å². The van der Waals surface area contributed by atoms with Gasteiger partial charge < -0.3 is 16.0 Å². The van der Waals surface area contributed by atoms with Gasteiger partial charge in [0.15, 0.2) is 0 Å². The average molecular weight is 285 g/mol. The lowest BCUT2D eigenvalue weighted by atomic mass is 10.0. The molecule has 0 spiro atoms. The number of carbonyl (C=O) groups excluding carboxylic acids is 1. The lowest BCUT2D eigenvalue weighted by Gasteiger charge is -2.21. The first-order chi connectivity index (χ1) is 8.95. The van der Waals surface area contributed by atoms with Crippen LogP contribution in [0, 0.1) is 11.8 Å². The summed E-state index contributed by atoms with van der Waals surface area (Å²) >= 11 is 4.97. The standard InChI is InChI=1S/C14H27N3OS/c1-4-5-12(13(15)19)14(18)16-8-11-6-7-17(9-11)10(2)3/h10-12H,4-9H2,1-3H3,(H2,15,19)(H,16,18). The fourth-order valence-electron chi connectivity index (χ4n) is 2.56. The van der Waals surface area contributed by atoms with Crippen LogP contribution in [-0.2, 0) is 4.79 Å². The van der Waals surface area contributed by atoms with E-state index in [-0.39, 0.29) is 11.8 Å². The summed E-state index contributed by atoms with van der Waals surface area (Å²) < 4.78 is 0. The molecule has 0 aromatic heterocycles. The second-order valence-corrected chi connectivity index (χ2v) is 6.20. The third kappa shape index (κ3) is 5.07. The molecule has 0 aromatic carbocycles. The molecule has 0 aliphatic carbocycles. The predicted octanol–water partition coefficient (Wildman–Crippen LogP) is 1.54. The predicted molar refractivity (Wildman–Crippen MR) is 83.0 cm³/mol. The molecule has 0 bridgehead atoms. The van der Waals surface area contributed by atoms with Crippen molar-refractivity contribution in [3.8, 4) is 0 Å². The van der Waals surface area contributed by atoms with Gasteiger partial charge in [-0.25, -0.2) is 0 Å². The second kappa shape index (κ2) is 7.80. The minimum Gasteiger partial charge on any atom is -0.393 e. The summed E-state index contributed by atoms with van der Waals surface area (Å²) in [5, 5.41) is 3.02. The van der Waals surface area contributed by atoms with Crippen LogP contribution in [0.5, 0.6) is 0 Å². The Balaban J connectivity index is 2.36. The van der Waals surface area contributed by atoms with E-state index in [4.69, 9.17) is 18.0 Å². The minimum atomic E-state index is -0.303. The Bertz CT molecular complexity index is 320. The van der Waals surface area contributed by atoms with Crippen molar-refractivity contribution in [3.63, 3.8) is 0 Å². The first-order valence-corrected chi connectivity index (χ1v) is 7.67. The van der Waals surface area contributed by atoms with Crippen LogP contribution in [0.3, 0.4) is 0 Å². The van der Waals surface area contributed by atoms with Crippen LogP contribution in [0.15, 0.2) is 0 Å². The monoisotopic (exact) mass is 285 g/mol. The number of hydrogen-bond donors (Lipinski definition) is 2. The molecule has 4 nitrogen and oxygen atoms in total. The van der Waals surface area contributed by atoms with Crippen LogP contribution < -0.4 is 11.1 Å². The van der Waals surface area contributed by atoms with E-state index in [1.165, 1.54) is 0 Å². The van der Waals surface area contributed by atoms with Crippen LogP contribution in [0.1, 0.15) is 40.0 Å². The van der Waals surface area contributed by atoms with Gasteiger partial charge in [-0.15, -0.1) is 0 Å². The Kier molecular flexibility index (Phi) is 6.72. The Morgan fingerprint density at radius 3 is 2.68 bits per heavy atom. The highest BCUT2D eigenvalue weighted by Crippen LogP contribution is 2.18. The quantitative estimate of drug-likeness (QED) is 0.697. The number of likely N-dealkylation sites (tertiary alicyclic amines) is 1. The molecule has 0 radical (unpaired) electrons. The van der Waals surface area contributed by atoms with E-state index in [0.29, 0.717) is 16.9 Å². The second-order valence-electron chi connectivity index (χ2n) is 5.73. The van der Waals surface area contributed by atoms with Crippen LogP contribution in [0.4, 0.5) is 0 Å². The average Bonchev–Trinajstić information content (AvgIpc) is 2.81. The van der Waals surface area contributed by atoms with Crippen LogP contribution >= 0.6 is 12.2 Å². The van der Waals surface area contributed by atoms with E-state index in [1.807, 2.05) is 6.92 Å². The van der Waals surface area contributed by atoms with E-state index < -0.39 is 0 Å². The normalized spacial score (nSPS) is 21.6. The van der Waals surface area contributed by atoms with Crippen molar-refractivity contribution >= 4 is 23.1 Å². The zero-order chi connectivity index (χ0) is 14.4. The van der Waals surface area contributed by atoms with Gasteiger partial charge >= 0.3 is 0 Å². The molecule has 1 fully saturated rings. The summed E-state index contributed by atoms with van der Waals surface area (Å²) in [6.07, 6.45) is 2.81. The molecule has 1 aliphatic rings. The number of amides is 1. The molecule has 1 heterocycles. The molecule has 1 amide bonds. The van der Waals surface area contributed by atoms with E-state index in [9.17, 15) is 4.79 Å². The molecular formula is C14H27N3OS. The Labute approximate surface area is 122 Å². The Hall–Kier alpha value is -0.680. The fraction of sp³-hybridized carbons (Fsp3) is 0.857. The van der Waals surface area contributed by atoms with Gasteiger partial charge in [0, 0.05) is 19.1 Å². The van der Waals surface area contributed by atoms with Gasteiger partial charge in [0.25, 0.3) is 0 Å². The van der Waals surface area contributed by atoms with Crippen molar-refractivity contribution in [2.45, 2.75) is 46.1 Å². The first-order valence-electron chi connectivity index (χ1n) is 7.26. The van der Waals surface area contributed by atoms with Gasteiger partial charge in [0.05, 0.1) is 10.9 Å². The number of thiocarbonyl (C=S) groups is 1. The molecule has 2 atom stereocenters. The smallest absolute Gasteiger partial charge is 0.229 e. The summed E-state index contributed by atoms with van der Waals surface area (Å²) in [6, 6.07) is 0.588. The third-order valence-electron chi connectivity index (χ3n) is 3.85. The molecule has 1 saturated heterocycles. The summed E-state index contributed by atoms with van der Waals surface area (Å²) in [5.74, 6) is 0.250. The highest BCUT2D eigenvalue weighted by Gasteiger charge is 2.26. The summed E-state index contributed by atoms with van der Waals surface area (Å²) in [4.78, 5) is 14.8. The largest absolute Gasteiger partial charge is 0.393 e. The van der Waals surface area contributed by atoms with Crippen molar-refractivity contribution in [1.29, 1.82) is 0 Å².